The monoisotopic (exact) mass is 572 g/mol. The zero-order valence-corrected chi connectivity index (χ0v) is 20.9. The van der Waals surface area contributed by atoms with Crippen molar-refractivity contribution in [3.63, 3.8) is 0 Å². The first-order valence-corrected chi connectivity index (χ1v) is 12.2. The van der Waals surface area contributed by atoms with E-state index in [0.717, 1.165) is 6.21 Å². The van der Waals surface area contributed by atoms with Crippen LogP contribution in [-0.2, 0) is 9.47 Å². The van der Waals surface area contributed by atoms with Crippen LogP contribution in [0.15, 0.2) is 27.2 Å². The Hall–Kier alpha value is -4.76. The van der Waals surface area contributed by atoms with E-state index < -0.39 is 66.7 Å². The molecule has 0 saturated carbocycles. The number of amides is 2. The van der Waals surface area contributed by atoms with E-state index in [2.05, 4.69) is 40.2 Å². The van der Waals surface area contributed by atoms with E-state index in [0.29, 0.717) is 0 Å². The second-order valence-corrected chi connectivity index (χ2v) is 9.40. The molecule has 10 N–H and O–H groups in total. The van der Waals surface area contributed by atoms with Crippen LogP contribution in [0, 0.1) is 0 Å². The van der Waals surface area contributed by atoms with Gasteiger partial charge in [0.1, 0.15) is 24.5 Å². The lowest BCUT2D eigenvalue weighted by atomic mass is 10.1. The topological polar surface area (TPSA) is 300 Å². The van der Waals surface area contributed by atoms with Crippen molar-refractivity contribution in [1.29, 1.82) is 0 Å². The van der Waals surface area contributed by atoms with Crippen LogP contribution in [-0.4, -0.2) is 104 Å². The maximum atomic E-state index is 12.7. The Kier molecular flexibility index (Phi) is 6.46. The van der Waals surface area contributed by atoms with Crippen LogP contribution >= 0.6 is 0 Å². The molecule has 20 heteroatoms. The summed E-state index contributed by atoms with van der Waals surface area (Å²) in [5.41, 5.74) is 10.3. The number of aromatic nitrogens is 8. The first-order chi connectivity index (χ1) is 19.6. The third-order valence-electron chi connectivity index (χ3n) is 6.81. The van der Waals surface area contributed by atoms with Gasteiger partial charge in [0.2, 0.25) is 11.9 Å². The van der Waals surface area contributed by atoms with Crippen molar-refractivity contribution < 1.29 is 29.6 Å². The molecule has 4 aromatic heterocycles. The molecule has 0 bridgehead atoms. The van der Waals surface area contributed by atoms with Gasteiger partial charge in [-0.1, -0.05) is 0 Å². The molecule has 20 nitrogen and oxygen atoms in total. The van der Waals surface area contributed by atoms with Gasteiger partial charge in [-0.2, -0.15) is 9.97 Å². The number of carbonyl (C=O) groups excluding carboxylic acids is 1. The second kappa shape index (κ2) is 10.0. The minimum atomic E-state index is -1.42. The Morgan fingerprint density at radius 2 is 1.68 bits per heavy atom. The van der Waals surface area contributed by atoms with Crippen molar-refractivity contribution >= 4 is 46.5 Å². The van der Waals surface area contributed by atoms with Gasteiger partial charge in [0.05, 0.1) is 31.4 Å². The minimum absolute atomic E-state index is 0.0343. The number of aliphatic hydroxyl groups is 3. The van der Waals surface area contributed by atoms with Crippen molar-refractivity contribution in [2.45, 2.75) is 49.3 Å². The highest BCUT2D eigenvalue weighted by molar-refractivity contribution is 5.85. The Bertz CT molecular complexity index is 1780. The quantitative estimate of drug-likeness (QED) is 0.107. The predicted octanol–water partition coefficient (Wildman–Crippen LogP) is -3.53. The molecule has 0 spiro atoms. The number of H-pyrrole nitrogens is 2. The molecule has 6 heterocycles. The third-order valence-corrected chi connectivity index (χ3v) is 6.81. The van der Waals surface area contributed by atoms with Gasteiger partial charge in [-0.25, -0.2) is 19.8 Å². The largest absolute Gasteiger partial charge is 0.394 e. The number of nitrogens with two attached hydrogens (primary N) is 2. The van der Waals surface area contributed by atoms with Crippen LogP contribution in [0.2, 0.25) is 0 Å². The molecule has 4 aromatic rings. The van der Waals surface area contributed by atoms with Gasteiger partial charge in [0.15, 0.2) is 28.6 Å². The van der Waals surface area contributed by atoms with Crippen LogP contribution in [0.3, 0.4) is 0 Å². The molecule has 2 aliphatic heterocycles. The number of aliphatic hydroxyl groups excluding tert-OH is 3. The summed E-state index contributed by atoms with van der Waals surface area (Å²) in [5, 5.41) is 33.7. The molecule has 2 aliphatic rings. The van der Waals surface area contributed by atoms with E-state index >= 15 is 0 Å². The highest BCUT2D eigenvalue weighted by Gasteiger charge is 2.46. The molecule has 0 radical (unpaired) electrons. The van der Waals surface area contributed by atoms with Gasteiger partial charge in [-0.3, -0.25) is 28.7 Å². The highest BCUT2D eigenvalue weighted by Crippen LogP contribution is 2.32. The van der Waals surface area contributed by atoms with Crippen LogP contribution < -0.4 is 27.9 Å². The molecule has 41 heavy (non-hydrogen) atoms. The van der Waals surface area contributed by atoms with Crippen LogP contribution in [0.5, 0.6) is 0 Å². The number of hydrogen-bond acceptors (Lipinski definition) is 14. The molecule has 2 amide bonds. The van der Waals surface area contributed by atoms with E-state index in [1.54, 1.807) is 0 Å². The second-order valence-electron chi connectivity index (χ2n) is 9.40. The summed E-state index contributed by atoms with van der Waals surface area (Å²) in [7, 11) is 0. The summed E-state index contributed by atoms with van der Waals surface area (Å²) >= 11 is 0. The predicted molar refractivity (Wildman–Crippen MR) is 137 cm³/mol. The molecule has 6 rings (SSSR count). The van der Waals surface area contributed by atoms with E-state index in [1.807, 2.05) is 0 Å². The number of aromatic amines is 2. The number of ether oxygens (including phenoxy) is 2. The minimum Gasteiger partial charge on any atom is -0.394 e. The van der Waals surface area contributed by atoms with Gasteiger partial charge >= 0.3 is 6.03 Å². The number of nitrogens with one attached hydrogen (secondary N) is 3. The smallest absolute Gasteiger partial charge is 0.341 e. The third kappa shape index (κ3) is 4.58. The lowest BCUT2D eigenvalue weighted by Gasteiger charge is -2.19. The number of anilines is 2. The summed E-state index contributed by atoms with van der Waals surface area (Å²) in [6.07, 6.45) is -2.81. The average Bonchev–Trinajstić information content (AvgIpc) is 3.68. The maximum absolute atomic E-state index is 12.7. The van der Waals surface area contributed by atoms with Crippen LogP contribution in [0.4, 0.5) is 16.7 Å². The van der Waals surface area contributed by atoms with Gasteiger partial charge in [-0.15, -0.1) is 0 Å². The van der Waals surface area contributed by atoms with E-state index in [-0.39, 0.29) is 40.6 Å². The van der Waals surface area contributed by atoms with Crippen molar-refractivity contribution in [3.8, 4) is 0 Å². The Morgan fingerprint density at radius 3 is 2.32 bits per heavy atom. The van der Waals surface area contributed by atoms with Gasteiger partial charge in [0, 0.05) is 12.6 Å². The molecule has 2 saturated heterocycles. The Balaban J connectivity index is 1.15. The summed E-state index contributed by atoms with van der Waals surface area (Å²) in [6, 6.07) is -2.04. The number of nitrogens with zero attached hydrogens (tertiary/aromatic N) is 7. The molecule has 0 aliphatic carbocycles. The molecular weight excluding hydrogens is 548 g/mol. The number of carbonyl (C=O) groups is 1. The summed E-state index contributed by atoms with van der Waals surface area (Å²) in [4.78, 5) is 61.3. The lowest BCUT2D eigenvalue weighted by Crippen LogP contribution is -2.47. The first-order valence-electron chi connectivity index (χ1n) is 12.2. The summed E-state index contributed by atoms with van der Waals surface area (Å²) in [5.74, 6) is -0.294. The molecule has 216 valence electrons. The Labute approximate surface area is 226 Å². The average molecular weight is 572 g/mol. The van der Waals surface area contributed by atoms with Crippen molar-refractivity contribution in [2.75, 3.05) is 18.1 Å². The number of imidazole rings is 2. The normalized spacial score (nSPS) is 28.3. The molecule has 7 atom stereocenters. The fourth-order valence-electron chi connectivity index (χ4n) is 4.89. The fraction of sp³-hybridized carbons (Fsp3) is 0.429. The fourth-order valence-corrected chi connectivity index (χ4v) is 4.89. The van der Waals surface area contributed by atoms with Gasteiger partial charge in [0.25, 0.3) is 11.1 Å². The Morgan fingerprint density at radius 1 is 1.07 bits per heavy atom. The molecule has 0 unspecified atom stereocenters. The van der Waals surface area contributed by atoms with Crippen molar-refractivity contribution in [3.05, 3.63) is 33.4 Å². The number of fused-ring (bicyclic) bond motifs is 2. The zero-order valence-electron chi connectivity index (χ0n) is 20.9. The first kappa shape index (κ1) is 26.5. The van der Waals surface area contributed by atoms with Gasteiger partial charge < -0.3 is 41.6 Å². The van der Waals surface area contributed by atoms with E-state index in [9.17, 15) is 29.7 Å². The molecule has 0 aromatic carbocycles. The van der Waals surface area contributed by atoms with Gasteiger partial charge in [-0.05, 0) is 0 Å². The summed E-state index contributed by atoms with van der Waals surface area (Å²) in [6.45, 7) is -0.572. The van der Waals surface area contributed by atoms with Crippen LogP contribution in [0.1, 0.15) is 18.9 Å². The maximum Gasteiger partial charge on any atom is 0.341 e. The summed E-state index contributed by atoms with van der Waals surface area (Å²) < 4.78 is 14.2. The number of rotatable bonds is 5. The number of aliphatic imine (C=N–C) groups is 1. The highest BCUT2D eigenvalue weighted by atomic mass is 16.5. The van der Waals surface area contributed by atoms with Crippen molar-refractivity contribution in [1.82, 2.24) is 44.4 Å². The van der Waals surface area contributed by atoms with E-state index in [1.165, 1.54) is 21.8 Å². The number of hydrogen-bond donors (Lipinski definition) is 8. The molecule has 2 fully saturated rings. The standard InChI is InChI=1S/C21H24N12O8/c22-19-28-14-11(16(37)30-19)25-4-32(14)9-1-6(35)7(40-9)2-24-21(39)27-10-8(3-34)41-18(13(10)36)33-5-26-12-15(33)29-20(23)31-17(12)38/h2,4-10,13,18,34-36H,1,3H2,(H,27,39)(H3,22,28,30,37)(H3,23,29,31,38)/b24-2+/t6-,7+,8+,9+,10+,13+,18+/m0/s1. The number of nitrogen functional groups attached to an aromatic ring is 2. The van der Waals surface area contributed by atoms with E-state index in [4.69, 9.17) is 20.9 Å². The van der Waals surface area contributed by atoms with Crippen molar-refractivity contribution in [2.24, 2.45) is 4.99 Å². The zero-order chi connectivity index (χ0) is 29.0. The SMILES string of the molecule is Nc1nc2c(ncn2[C@@H]2O[C@H](CO)[C@@H](NC(=O)/N=C/[C@H]3O[C@@H](n4cnc5c(=O)[nH]c(N)nc54)C[C@@H]3O)[C@H]2O)c(=O)[nH]1. The molecular formula is C21H24N12O8. The number of urea groups is 1. The van der Waals surface area contributed by atoms with Crippen LogP contribution in [0.25, 0.3) is 22.3 Å². The lowest BCUT2D eigenvalue weighted by molar-refractivity contribution is -0.0489.